The van der Waals surface area contributed by atoms with Gasteiger partial charge in [-0.3, -0.25) is 0 Å². The molecule has 102 valence electrons. The van der Waals surface area contributed by atoms with Crippen LogP contribution >= 0.6 is 0 Å². The summed E-state index contributed by atoms with van der Waals surface area (Å²) in [5, 5.41) is 0. The Kier molecular flexibility index (Phi) is 3.73. The van der Waals surface area contributed by atoms with E-state index in [0.29, 0.717) is 23.8 Å². The Labute approximate surface area is 107 Å². The van der Waals surface area contributed by atoms with Crippen LogP contribution in [0, 0.1) is 17.3 Å². The number of nitrogens with zero attached hydrogens (tertiary/aromatic N) is 1. The summed E-state index contributed by atoms with van der Waals surface area (Å²) in [5.41, 5.74) is -0.0235. The summed E-state index contributed by atoms with van der Waals surface area (Å²) in [6, 6.07) is 0. The van der Waals surface area contributed by atoms with Crippen molar-refractivity contribution in [3.8, 4) is 0 Å². The molecule has 1 fully saturated rings. The minimum atomic E-state index is -3.11. The normalized spacial score (nSPS) is 26.4. The number of sulfonamides is 1. The molecule has 0 unspecified atom stereocenters. The van der Waals surface area contributed by atoms with Crippen LogP contribution < -0.4 is 0 Å². The third-order valence-electron chi connectivity index (χ3n) is 3.58. The molecule has 1 aliphatic rings. The molecule has 17 heavy (non-hydrogen) atoms. The maximum absolute atomic E-state index is 11.8. The molecule has 0 heterocycles. The molecule has 0 saturated heterocycles. The van der Waals surface area contributed by atoms with Gasteiger partial charge in [0.25, 0.3) is 0 Å². The molecule has 1 saturated carbocycles. The predicted octanol–water partition coefficient (Wildman–Crippen LogP) is 2.73. The summed E-state index contributed by atoms with van der Waals surface area (Å²) >= 11 is 0. The highest BCUT2D eigenvalue weighted by Crippen LogP contribution is 2.51. The first kappa shape index (κ1) is 15.0. The van der Waals surface area contributed by atoms with Crippen molar-refractivity contribution in [2.45, 2.75) is 53.5 Å². The fourth-order valence-corrected chi connectivity index (χ4v) is 4.09. The van der Waals surface area contributed by atoms with Crippen LogP contribution in [0.3, 0.4) is 0 Å². The zero-order chi connectivity index (χ0) is 13.6. The quantitative estimate of drug-likeness (QED) is 0.783. The van der Waals surface area contributed by atoms with E-state index in [1.54, 1.807) is 4.31 Å². The van der Waals surface area contributed by atoms with E-state index in [-0.39, 0.29) is 5.54 Å². The SMILES string of the molecule is CC(C)(C)[C@@H]1C[C@@H]1CN(C(C)(C)C)S(C)(=O)=O. The summed E-state index contributed by atoms with van der Waals surface area (Å²) in [5.74, 6) is 1.19. The van der Waals surface area contributed by atoms with Gasteiger partial charge in [0.15, 0.2) is 0 Å². The Bertz CT molecular complexity index is 373. The van der Waals surface area contributed by atoms with Gasteiger partial charge in [0.2, 0.25) is 10.0 Å². The van der Waals surface area contributed by atoms with Gasteiger partial charge in [0.1, 0.15) is 0 Å². The lowest BCUT2D eigenvalue weighted by Gasteiger charge is -2.34. The number of rotatable bonds is 3. The molecule has 0 aromatic carbocycles. The fourth-order valence-electron chi connectivity index (χ4n) is 2.63. The van der Waals surface area contributed by atoms with Crippen LogP contribution in [0.25, 0.3) is 0 Å². The first-order valence-electron chi connectivity index (χ1n) is 6.31. The summed E-state index contributed by atoms with van der Waals surface area (Å²) in [4.78, 5) is 0. The van der Waals surface area contributed by atoms with Gasteiger partial charge >= 0.3 is 0 Å². The van der Waals surface area contributed by atoms with E-state index in [0.717, 1.165) is 6.42 Å². The van der Waals surface area contributed by atoms with Crippen LogP contribution in [0.5, 0.6) is 0 Å². The lowest BCUT2D eigenvalue weighted by atomic mass is 9.89. The first-order chi connectivity index (χ1) is 7.33. The monoisotopic (exact) mass is 261 g/mol. The highest BCUT2D eigenvalue weighted by molar-refractivity contribution is 7.88. The lowest BCUT2D eigenvalue weighted by Crippen LogP contribution is -2.46. The Morgan fingerprint density at radius 1 is 1.12 bits per heavy atom. The Hall–Kier alpha value is -0.0900. The van der Waals surface area contributed by atoms with Gasteiger partial charge in [0, 0.05) is 12.1 Å². The van der Waals surface area contributed by atoms with E-state index < -0.39 is 10.0 Å². The average Bonchev–Trinajstić information content (AvgIpc) is 2.72. The molecule has 4 heteroatoms. The maximum Gasteiger partial charge on any atom is 0.211 e. The summed E-state index contributed by atoms with van der Waals surface area (Å²) in [7, 11) is -3.11. The van der Waals surface area contributed by atoms with Gasteiger partial charge in [-0.05, 0) is 44.4 Å². The van der Waals surface area contributed by atoms with E-state index in [4.69, 9.17) is 0 Å². The van der Waals surface area contributed by atoms with Gasteiger partial charge in [-0.1, -0.05) is 20.8 Å². The van der Waals surface area contributed by atoms with E-state index in [9.17, 15) is 8.42 Å². The second-order valence-corrected chi connectivity index (χ2v) is 9.34. The second-order valence-electron chi connectivity index (χ2n) is 7.43. The van der Waals surface area contributed by atoms with Crippen molar-refractivity contribution in [3.63, 3.8) is 0 Å². The van der Waals surface area contributed by atoms with Crippen LogP contribution in [0.1, 0.15) is 48.0 Å². The number of hydrogen-bond acceptors (Lipinski definition) is 2. The van der Waals surface area contributed by atoms with Gasteiger partial charge < -0.3 is 0 Å². The Morgan fingerprint density at radius 2 is 1.59 bits per heavy atom. The Morgan fingerprint density at radius 3 is 1.82 bits per heavy atom. The van der Waals surface area contributed by atoms with Crippen LogP contribution in [0.15, 0.2) is 0 Å². The zero-order valence-corrected chi connectivity index (χ0v) is 13.1. The molecule has 1 aliphatic carbocycles. The molecule has 0 spiro atoms. The molecule has 1 rings (SSSR count). The fraction of sp³-hybridized carbons (Fsp3) is 1.00. The van der Waals surface area contributed by atoms with Crippen molar-refractivity contribution in [2.24, 2.45) is 17.3 Å². The minimum absolute atomic E-state index is 0.297. The van der Waals surface area contributed by atoms with Gasteiger partial charge in [0.05, 0.1) is 6.26 Å². The molecular formula is C13H27NO2S. The third kappa shape index (κ3) is 3.95. The predicted molar refractivity (Wildman–Crippen MR) is 72.4 cm³/mol. The molecule has 0 aliphatic heterocycles. The summed E-state index contributed by atoms with van der Waals surface area (Å²) < 4.78 is 25.3. The molecule has 0 aromatic heterocycles. The summed E-state index contributed by atoms with van der Waals surface area (Å²) in [6.45, 7) is 13.3. The molecule has 0 amide bonds. The molecule has 2 atom stereocenters. The summed E-state index contributed by atoms with van der Waals surface area (Å²) in [6.07, 6.45) is 2.47. The van der Waals surface area contributed by atoms with Crippen molar-refractivity contribution >= 4 is 10.0 Å². The smallest absolute Gasteiger partial charge is 0.211 e. The van der Waals surface area contributed by atoms with Crippen molar-refractivity contribution in [1.29, 1.82) is 0 Å². The van der Waals surface area contributed by atoms with Crippen LogP contribution in [-0.4, -0.2) is 31.1 Å². The van der Waals surface area contributed by atoms with E-state index in [1.165, 1.54) is 6.26 Å². The highest BCUT2D eigenvalue weighted by atomic mass is 32.2. The van der Waals surface area contributed by atoms with Crippen molar-refractivity contribution in [3.05, 3.63) is 0 Å². The van der Waals surface area contributed by atoms with Crippen molar-refractivity contribution < 1.29 is 8.42 Å². The third-order valence-corrected chi connectivity index (χ3v) is 5.08. The standard InChI is InChI=1S/C13H27NO2S/c1-12(2,3)11-8-10(11)9-14(13(4,5)6)17(7,15)16/h10-11H,8-9H2,1-7H3/t10-,11-/m1/s1. The molecule has 0 radical (unpaired) electrons. The van der Waals surface area contributed by atoms with Crippen molar-refractivity contribution in [2.75, 3.05) is 12.8 Å². The zero-order valence-electron chi connectivity index (χ0n) is 12.2. The van der Waals surface area contributed by atoms with Crippen molar-refractivity contribution in [1.82, 2.24) is 4.31 Å². The van der Waals surface area contributed by atoms with E-state index >= 15 is 0 Å². The minimum Gasteiger partial charge on any atom is -0.212 e. The first-order valence-corrected chi connectivity index (χ1v) is 8.16. The van der Waals surface area contributed by atoms with Crippen LogP contribution in [-0.2, 0) is 10.0 Å². The average molecular weight is 261 g/mol. The van der Waals surface area contributed by atoms with E-state index in [1.807, 2.05) is 20.8 Å². The largest absolute Gasteiger partial charge is 0.212 e. The van der Waals surface area contributed by atoms with Gasteiger partial charge in [-0.15, -0.1) is 0 Å². The maximum atomic E-state index is 11.8. The lowest BCUT2D eigenvalue weighted by molar-refractivity contribution is 0.226. The molecular weight excluding hydrogens is 234 g/mol. The van der Waals surface area contributed by atoms with Crippen LogP contribution in [0.2, 0.25) is 0 Å². The highest BCUT2D eigenvalue weighted by Gasteiger charge is 2.47. The topological polar surface area (TPSA) is 37.4 Å². The van der Waals surface area contributed by atoms with Gasteiger partial charge in [-0.25, -0.2) is 8.42 Å². The molecule has 3 nitrogen and oxygen atoms in total. The van der Waals surface area contributed by atoms with Crippen LogP contribution in [0.4, 0.5) is 0 Å². The molecule has 0 aromatic rings. The van der Waals surface area contributed by atoms with E-state index in [2.05, 4.69) is 20.8 Å². The molecule has 0 N–H and O–H groups in total. The van der Waals surface area contributed by atoms with Gasteiger partial charge in [-0.2, -0.15) is 4.31 Å². The molecule has 0 bridgehead atoms. The second kappa shape index (κ2) is 4.23. The Balaban J connectivity index is 2.73. The number of hydrogen-bond donors (Lipinski definition) is 0.